The van der Waals surface area contributed by atoms with Gasteiger partial charge in [0.15, 0.2) is 0 Å². The maximum absolute atomic E-state index is 12.0. The highest BCUT2D eigenvalue weighted by atomic mass is 32.1. The number of hydrogen-bond donors (Lipinski definition) is 2. The summed E-state index contributed by atoms with van der Waals surface area (Å²) in [6.45, 7) is 2.60. The lowest BCUT2D eigenvalue weighted by molar-refractivity contribution is 0.0952. The first-order chi connectivity index (χ1) is 8.70. The van der Waals surface area contributed by atoms with E-state index in [1.54, 1.807) is 36.8 Å². The molecule has 2 N–H and O–H groups in total. The number of hydrogen-bond acceptors (Lipinski definition) is 4. The third-order valence-electron chi connectivity index (χ3n) is 2.55. The molecule has 94 valence electrons. The van der Waals surface area contributed by atoms with Crippen LogP contribution in [0.5, 0.6) is 0 Å². The Morgan fingerprint density at radius 2 is 2.22 bits per heavy atom. The van der Waals surface area contributed by atoms with E-state index in [0.717, 1.165) is 10.6 Å². The fourth-order valence-electron chi connectivity index (χ4n) is 1.64. The number of carbonyl (C=O) groups is 1. The molecule has 0 aliphatic carbocycles. The van der Waals surface area contributed by atoms with Gasteiger partial charge in [-0.2, -0.15) is 0 Å². The molecule has 18 heavy (non-hydrogen) atoms. The fraction of sp³-hybridized carbons (Fsp3) is 0.231. The van der Waals surface area contributed by atoms with Crippen LogP contribution in [0, 0.1) is 6.92 Å². The summed E-state index contributed by atoms with van der Waals surface area (Å²) in [5.41, 5.74) is 1.35. The monoisotopic (exact) mass is 261 g/mol. The number of pyridine rings is 1. The van der Waals surface area contributed by atoms with Gasteiger partial charge in [-0.1, -0.05) is 0 Å². The minimum Gasteiger partial charge on any atom is -0.387 e. The molecule has 0 radical (unpaired) electrons. The van der Waals surface area contributed by atoms with Crippen LogP contribution < -0.4 is 10.6 Å². The van der Waals surface area contributed by atoms with Crippen molar-refractivity contribution < 1.29 is 4.79 Å². The zero-order valence-corrected chi connectivity index (χ0v) is 11.2. The van der Waals surface area contributed by atoms with E-state index < -0.39 is 0 Å². The summed E-state index contributed by atoms with van der Waals surface area (Å²) in [4.78, 5) is 18.4. The molecule has 0 atom stereocenters. The normalized spacial score (nSPS) is 10.1. The highest BCUT2D eigenvalue weighted by molar-refractivity contribution is 7.11. The molecule has 0 fully saturated rings. The molecule has 2 heterocycles. The smallest absolute Gasteiger partial charge is 0.255 e. The van der Waals surface area contributed by atoms with E-state index in [-0.39, 0.29) is 5.91 Å². The van der Waals surface area contributed by atoms with Crippen molar-refractivity contribution in [2.75, 3.05) is 12.4 Å². The zero-order chi connectivity index (χ0) is 13.0. The molecule has 0 saturated carbocycles. The standard InChI is InChI=1S/C13H15N3OS/c1-9-3-4-10(18-9)7-16-13(17)11-8-15-6-5-12(11)14-2/h3-6,8H,7H2,1-2H3,(H,14,15)(H,16,17). The third kappa shape index (κ3) is 2.87. The molecule has 2 aromatic rings. The highest BCUT2D eigenvalue weighted by Gasteiger charge is 2.10. The minimum absolute atomic E-state index is 0.112. The Hall–Kier alpha value is -1.88. The number of aromatic nitrogens is 1. The molecule has 0 aromatic carbocycles. The zero-order valence-electron chi connectivity index (χ0n) is 10.4. The second-order valence-corrected chi connectivity index (χ2v) is 5.24. The molecule has 0 spiro atoms. The average Bonchev–Trinajstić information content (AvgIpc) is 2.81. The molecular weight excluding hydrogens is 246 g/mol. The van der Waals surface area contributed by atoms with E-state index in [2.05, 4.69) is 28.6 Å². The molecule has 1 amide bonds. The van der Waals surface area contributed by atoms with Crippen LogP contribution in [-0.2, 0) is 6.54 Å². The molecule has 0 aliphatic rings. The van der Waals surface area contributed by atoms with Crippen molar-refractivity contribution in [2.45, 2.75) is 13.5 Å². The number of amides is 1. The lowest BCUT2D eigenvalue weighted by Gasteiger charge is -2.08. The van der Waals surface area contributed by atoms with E-state index >= 15 is 0 Å². The second kappa shape index (κ2) is 5.64. The number of carbonyl (C=O) groups excluding carboxylic acids is 1. The van der Waals surface area contributed by atoms with Gasteiger partial charge in [0.1, 0.15) is 0 Å². The van der Waals surface area contributed by atoms with Crippen LogP contribution in [-0.4, -0.2) is 17.9 Å². The van der Waals surface area contributed by atoms with Gasteiger partial charge in [-0.3, -0.25) is 9.78 Å². The van der Waals surface area contributed by atoms with Gasteiger partial charge in [-0.05, 0) is 25.1 Å². The van der Waals surface area contributed by atoms with Crippen molar-refractivity contribution in [3.05, 3.63) is 45.9 Å². The van der Waals surface area contributed by atoms with Crippen molar-refractivity contribution in [3.63, 3.8) is 0 Å². The summed E-state index contributed by atoms with van der Waals surface area (Å²) in [6, 6.07) is 5.86. The Morgan fingerprint density at radius 1 is 1.39 bits per heavy atom. The SMILES string of the molecule is CNc1ccncc1C(=O)NCc1ccc(C)s1. The van der Waals surface area contributed by atoms with Gasteiger partial charge < -0.3 is 10.6 Å². The lowest BCUT2D eigenvalue weighted by atomic mass is 10.2. The average molecular weight is 261 g/mol. The third-order valence-corrected chi connectivity index (χ3v) is 3.55. The predicted molar refractivity (Wildman–Crippen MR) is 74.0 cm³/mol. The topological polar surface area (TPSA) is 54.0 Å². The number of nitrogens with zero attached hydrogens (tertiary/aromatic N) is 1. The van der Waals surface area contributed by atoms with E-state index in [1.807, 2.05) is 6.07 Å². The first-order valence-electron chi connectivity index (χ1n) is 5.66. The summed E-state index contributed by atoms with van der Waals surface area (Å²) in [5, 5.41) is 5.88. The van der Waals surface area contributed by atoms with E-state index in [0.29, 0.717) is 12.1 Å². The number of anilines is 1. The van der Waals surface area contributed by atoms with Crippen LogP contribution in [0.4, 0.5) is 5.69 Å². The van der Waals surface area contributed by atoms with Crippen LogP contribution in [0.2, 0.25) is 0 Å². The van der Waals surface area contributed by atoms with Crippen LogP contribution >= 0.6 is 11.3 Å². The summed E-state index contributed by atoms with van der Waals surface area (Å²) in [7, 11) is 1.79. The van der Waals surface area contributed by atoms with Gasteiger partial charge in [-0.15, -0.1) is 11.3 Å². The summed E-state index contributed by atoms with van der Waals surface area (Å²) in [6.07, 6.45) is 3.23. The van der Waals surface area contributed by atoms with Crippen molar-refractivity contribution in [3.8, 4) is 0 Å². The Morgan fingerprint density at radius 3 is 2.89 bits per heavy atom. The lowest BCUT2D eigenvalue weighted by Crippen LogP contribution is -2.23. The number of thiophene rings is 1. The minimum atomic E-state index is -0.112. The van der Waals surface area contributed by atoms with Gasteiger partial charge in [0.05, 0.1) is 12.1 Å². The molecular formula is C13H15N3OS. The predicted octanol–water partition coefficient (Wildman–Crippen LogP) is 2.42. The number of rotatable bonds is 4. The summed E-state index contributed by atoms with van der Waals surface area (Å²) in [5.74, 6) is -0.112. The van der Waals surface area contributed by atoms with Crippen LogP contribution in [0.1, 0.15) is 20.1 Å². The second-order valence-electron chi connectivity index (χ2n) is 3.87. The van der Waals surface area contributed by atoms with Gasteiger partial charge >= 0.3 is 0 Å². The van der Waals surface area contributed by atoms with Crippen LogP contribution in [0.3, 0.4) is 0 Å². The van der Waals surface area contributed by atoms with Gasteiger partial charge in [-0.25, -0.2) is 0 Å². The molecule has 2 aromatic heterocycles. The maximum atomic E-state index is 12.0. The van der Waals surface area contributed by atoms with Crippen LogP contribution in [0.15, 0.2) is 30.6 Å². The van der Waals surface area contributed by atoms with Gasteiger partial charge in [0, 0.05) is 34.9 Å². The molecule has 0 saturated heterocycles. The molecule has 0 bridgehead atoms. The first kappa shape index (κ1) is 12.6. The van der Waals surface area contributed by atoms with Crippen molar-refractivity contribution in [2.24, 2.45) is 0 Å². The van der Waals surface area contributed by atoms with E-state index in [9.17, 15) is 4.79 Å². The molecule has 0 unspecified atom stereocenters. The first-order valence-corrected chi connectivity index (χ1v) is 6.47. The molecule has 0 aliphatic heterocycles. The molecule has 4 nitrogen and oxygen atoms in total. The van der Waals surface area contributed by atoms with Gasteiger partial charge in [0.2, 0.25) is 0 Å². The van der Waals surface area contributed by atoms with Crippen LogP contribution in [0.25, 0.3) is 0 Å². The Labute approximate surface area is 110 Å². The van der Waals surface area contributed by atoms with E-state index in [4.69, 9.17) is 0 Å². The number of aryl methyl sites for hydroxylation is 1. The Balaban J connectivity index is 2.03. The van der Waals surface area contributed by atoms with E-state index in [1.165, 1.54) is 4.88 Å². The molecule has 5 heteroatoms. The summed E-state index contributed by atoms with van der Waals surface area (Å²) >= 11 is 1.69. The van der Waals surface area contributed by atoms with Crippen molar-refractivity contribution >= 4 is 22.9 Å². The van der Waals surface area contributed by atoms with Gasteiger partial charge in [0.25, 0.3) is 5.91 Å². The fourth-order valence-corrected chi connectivity index (χ4v) is 2.47. The highest BCUT2D eigenvalue weighted by Crippen LogP contribution is 2.16. The van der Waals surface area contributed by atoms with Crippen molar-refractivity contribution in [1.29, 1.82) is 0 Å². The van der Waals surface area contributed by atoms with Crippen molar-refractivity contribution in [1.82, 2.24) is 10.3 Å². The quantitative estimate of drug-likeness (QED) is 0.888. The Bertz CT molecular complexity index is 551. The summed E-state index contributed by atoms with van der Waals surface area (Å²) < 4.78 is 0. The largest absolute Gasteiger partial charge is 0.387 e. The maximum Gasteiger partial charge on any atom is 0.255 e. The number of nitrogens with one attached hydrogen (secondary N) is 2. The Kier molecular flexibility index (Phi) is 3.94. The molecule has 2 rings (SSSR count).